The zero-order valence-corrected chi connectivity index (χ0v) is 21.9. The zero-order valence-electron chi connectivity index (χ0n) is 19.6. The normalized spacial score (nSPS) is 17.3. The number of carbonyl (C=O) groups excluding carboxylic acids is 1. The smallest absolute Gasteiger partial charge is 0.242 e. The Bertz CT molecular complexity index is 1430. The molecule has 1 unspecified atom stereocenters. The highest BCUT2D eigenvalue weighted by Crippen LogP contribution is 2.50. The molecule has 0 fully saturated rings. The molecule has 0 aromatic heterocycles. The average Bonchev–Trinajstić information content (AvgIpc) is 3.01. The second kappa shape index (κ2) is 9.26. The van der Waals surface area contributed by atoms with Gasteiger partial charge in [-0.1, -0.05) is 23.2 Å². The van der Waals surface area contributed by atoms with Crippen LogP contribution in [-0.2, 0) is 26.8 Å². The fourth-order valence-corrected chi connectivity index (χ4v) is 5.43. The number of nitrogens with one attached hydrogen (secondary N) is 1. The largest absolute Gasteiger partial charge is 0.497 e. The van der Waals surface area contributed by atoms with E-state index in [0.717, 1.165) is 11.8 Å². The number of hydrogen-bond acceptors (Lipinski definition) is 5. The maximum absolute atomic E-state index is 14.1. The van der Waals surface area contributed by atoms with Crippen LogP contribution in [0, 0.1) is 0 Å². The van der Waals surface area contributed by atoms with Crippen molar-refractivity contribution in [2.45, 2.75) is 18.9 Å². The summed E-state index contributed by atoms with van der Waals surface area (Å²) in [6.45, 7) is 2.00. The van der Waals surface area contributed by atoms with Crippen molar-refractivity contribution in [3.05, 3.63) is 81.3 Å². The van der Waals surface area contributed by atoms with Gasteiger partial charge in [-0.2, -0.15) is 0 Å². The molecule has 1 aliphatic rings. The van der Waals surface area contributed by atoms with Gasteiger partial charge in [0, 0.05) is 33.0 Å². The van der Waals surface area contributed by atoms with Gasteiger partial charge in [0.1, 0.15) is 16.9 Å². The van der Waals surface area contributed by atoms with Crippen molar-refractivity contribution in [2.75, 3.05) is 30.1 Å². The van der Waals surface area contributed by atoms with Crippen LogP contribution in [0.5, 0.6) is 11.5 Å². The Hall–Kier alpha value is -2.94. The number of halogens is 2. The fraction of sp³-hybridized carbons (Fsp3) is 0.240. The maximum Gasteiger partial charge on any atom is 0.242 e. The van der Waals surface area contributed by atoms with Crippen LogP contribution in [0.4, 0.5) is 11.4 Å². The molecule has 0 saturated carbocycles. The van der Waals surface area contributed by atoms with Gasteiger partial charge >= 0.3 is 0 Å². The number of fused-ring (bicyclic) bond motifs is 1. The van der Waals surface area contributed by atoms with E-state index in [1.807, 2.05) is 6.07 Å². The molecule has 0 saturated heterocycles. The molecule has 1 aliphatic heterocycles. The molecule has 4 rings (SSSR count). The number of carbonyl (C=O) groups is 1. The molecule has 7 nitrogen and oxygen atoms in total. The number of benzene rings is 3. The Morgan fingerprint density at radius 2 is 1.71 bits per heavy atom. The van der Waals surface area contributed by atoms with Crippen LogP contribution in [0.3, 0.4) is 0 Å². The average molecular weight is 535 g/mol. The molecule has 3 aromatic carbocycles. The molecule has 0 aliphatic carbocycles. The molecule has 1 amide bonds. The van der Waals surface area contributed by atoms with Gasteiger partial charge in [0.15, 0.2) is 0 Å². The van der Waals surface area contributed by atoms with Gasteiger partial charge in [-0.25, -0.2) is 8.42 Å². The minimum absolute atomic E-state index is 0.231. The molecule has 10 heteroatoms. The first-order valence-corrected chi connectivity index (χ1v) is 13.2. The molecule has 35 heavy (non-hydrogen) atoms. The van der Waals surface area contributed by atoms with Crippen molar-refractivity contribution in [3.63, 3.8) is 0 Å². The summed E-state index contributed by atoms with van der Waals surface area (Å²) in [4.78, 5) is 15.7. The lowest BCUT2D eigenvalue weighted by Gasteiger charge is -2.27. The Morgan fingerprint density at radius 1 is 0.971 bits per heavy atom. The molecular formula is C25H24Cl2N2O5S. The van der Waals surface area contributed by atoms with Gasteiger partial charge in [0.25, 0.3) is 0 Å². The first-order valence-electron chi connectivity index (χ1n) is 10.6. The third-order valence-corrected chi connectivity index (χ3v) is 7.26. The summed E-state index contributed by atoms with van der Waals surface area (Å²) in [6, 6.07) is 15.4. The van der Waals surface area contributed by atoms with Crippen LogP contribution in [0.2, 0.25) is 10.0 Å². The van der Waals surface area contributed by atoms with Crippen molar-refractivity contribution < 1.29 is 22.7 Å². The quantitative estimate of drug-likeness (QED) is 0.448. The number of amides is 1. The third kappa shape index (κ3) is 4.66. The molecule has 1 atom stereocenters. The Labute approximate surface area is 214 Å². The first-order chi connectivity index (χ1) is 16.5. The number of hydrogen-bond donors (Lipinski definition) is 1. The van der Waals surface area contributed by atoms with E-state index in [1.165, 1.54) is 0 Å². The third-order valence-electron chi connectivity index (χ3n) is 6.09. The number of anilines is 2. The monoisotopic (exact) mass is 534 g/mol. The lowest BCUT2D eigenvalue weighted by molar-refractivity contribution is -0.121. The summed E-state index contributed by atoms with van der Waals surface area (Å²) in [7, 11) is -0.402. The van der Waals surface area contributed by atoms with Crippen LogP contribution >= 0.6 is 23.2 Å². The SMILES string of the molecule is COc1ccc(CN2C(=O)C(C)(c3cc(NS(C)(=O)=O)ccc3Cl)c3cc(Cl)ccc32)c(OC)c1. The summed E-state index contributed by atoms with van der Waals surface area (Å²) < 4.78 is 36.9. The summed E-state index contributed by atoms with van der Waals surface area (Å²) in [5.41, 5.74) is 1.68. The second-order valence-electron chi connectivity index (χ2n) is 8.42. The van der Waals surface area contributed by atoms with Crippen molar-refractivity contribution in [2.24, 2.45) is 0 Å². The van der Waals surface area contributed by atoms with E-state index in [4.69, 9.17) is 32.7 Å². The number of sulfonamides is 1. The van der Waals surface area contributed by atoms with Crippen molar-refractivity contribution in [1.82, 2.24) is 0 Å². The minimum Gasteiger partial charge on any atom is -0.497 e. The first kappa shape index (κ1) is 25.2. The molecule has 0 radical (unpaired) electrons. The van der Waals surface area contributed by atoms with Crippen molar-refractivity contribution in [3.8, 4) is 11.5 Å². The van der Waals surface area contributed by atoms with E-state index in [0.29, 0.717) is 44.0 Å². The van der Waals surface area contributed by atoms with E-state index in [-0.39, 0.29) is 12.5 Å². The molecule has 1 heterocycles. The lowest BCUT2D eigenvalue weighted by atomic mass is 9.77. The van der Waals surface area contributed by atoms with Gasteiger partial charge in [-0.3, -0.25) is 9.52 Å². The second-order valence-corrected chi connectivity index (χ2v) is 11.0. The fourth-order valence-electron chi connectivity index (χ4n) is 4.39. The molecule has 3 aromatic rings. The lowest BCUT2D eigenvalue weighted by Crippen LogP contribution is -2.39. The van der Waals surface area contributed by atoms with Crippen LogP contribution in [0.25, 0.3) is 0 Å². The number of nitrogens with zero attached hydrogens (tertiary/aromatic N) is 1. The molecule has 0 spiro atoms. The van der Waals surface area contributed by atoms with E-state index >= 15 is 0 Å². The summed E-state index contributed by atoms with van der Waals surface area (Å²) in [5.74, 6) is 0.988. The van der Waals surface area contributed by atoms with Gasteiger partial charge in [-0.05, 0) is 66.6 Å². The van der Waals surface area contributed by atoms with E-state index < -0.39 is 15.4 Å². The van der Waals surface area contributed by atoms with Crippen molar-refractivity contribution >= 4 is 50.5 Å². The van der Waals surface area contributed by atoms with E-state index in [2.05, 4.69) is 4.72 Å². The van der Waals surface area contributed by atoms with Gasteiger partial charge in [-0.15, -0.1) is 0 Å². The predicted molar refractivity (Wildman–Crippen MR) is 139 cm³/mol. The number of rotatable bonds is 7. The Balaban J connectivity index is 1.85. The minimum atomic E-state index is -3.53. The topological polar surface area (TPSA) is 84.9 Å². The van der Waals surface area contributed by atoms with Gasteiger partial charge < -0.3 is 14.4 Å². The predicted octanol–water partition coefficient (Wildman–Crippen LogP) is 5.23. The standard InChI is InChI=1S/C25H24Cl2N2O5S/c1-25(19-12-17(7-9-21(19)27)28-35(4,31)32)20-11-16(26)6-10-22(20)29(24(25)30)14-15-5-8-18(33-2)13-23(15)34-3/h5-13,28H,14H2,1-4H3. The van der Waals surface area contributed by atoms with Gasteiger partial charge in [0.2, 0.25) is 15.9 Å². The number of ether oxygens (including phenoxy) is 2. The highest BCUT2D eigenvalue weighted by atomic mass is 35.5. The van der Waals surface area contributed by atoms with Crippen molar-refractivity contribution in [1.29, 1.82) is 0 Å². The van der Waals surface area contributed by atoms with Crippen LogP contribution in [0.15, 0.2) is 54.6 Å². The van der Waals surface area contributed by atoms with Crippen LogP contribution in [0.1, 0.15) is 23.6 Å². The van der Waals surface area contributed by atoms with Crippen LogP contribution in [-0.4, -0.2) is 34.8 Å². The van der Waals surface area contributed by atoms with Gasteiger partial charge in [0.05, 0.1) is 27.0 Å². The summed E-state index contributed by atoms with van der Waals surface area (Å²) in [5, 5.41) is 0.794. The van der Waals surface area contributed by atoms with Crippen LogP contribution < -0.4 is 19.1 Å². The molecular weight excluding hydrogens is 511 g/mol. The van der Waals surface area contributed by atoms with E-state index in [9.17, 15) is 13.2 Å². The summed E-state index contributed by atoms with van der Waals surface area (Å²) >= 11 is 12.9. The highest BCUT2D eigenvalue weighted by Gasteiger charge is 2.50. The zero-order chi connectivity index (χ0) is 25.5. The maximum atomic E-state index is 14.1. The molecule has 0 bridgehead atoms. The Kier molecular flexibility index (Phi) is 6.66. The molecule has 184 valence electrons. The summed E-state index contributed by atoms with van der Waals surface area (Å²) in [6.07, 6.45) is 1.06. The van der Waals surface area contributed by atoms with E-state index in [1.54, 1.807) is 74.6 Å². The highest BCUT2D eigenvalue weighted by molar-refractivity contribution is 7.92. The Morgan fingerprint density at radius 3 is 2.37 bits per heavy atom. The number of methoxy groups -OCH3 is 2. The molecule has 1 N–H and O–H groups in total.